The third-order valence-electron chi connectivity index (χ3n) is 19.1. The van der Waals surface area contributed by atoms with Crippen molar-refractivity contribution in [3.05, 3.63) is 12.2 Å². The van der Waals surface area contributed by atoms with E-state index in [4.69, 9.17) is 4.74 Å². The molecule has 0 aliphatic carbocycles. The first-order chi connectivity index (χ1) is 42.5. The van der Waals surface area contributed by atoms with Crippen LogP contribution in [0.1, 0.15) is 463 Å². The van der Waals surface area contributed by atoms with E-state index in [9.17, 15) is 19.8 Å². The maximum atomic E-state index is 12.6. The molecular formula is C80H157NO5. The molecule has 0 aromatic rings. The molecule has 1 amide bonds. The number of unbranched alkanes of at least 4 members (excludes halogenated alkanes) is 63. The highest BCUT2D eigenvalue weighted by atomic mass is 16.5. The Hall–Kier alpha value is -1.40. The molecule has 0 aromatic carbocycles. The van der Waals surface area contributed by atoms with Crippen molar-refractivity contribution in [2.24, 2.45) is 0 Å². The molecule has 6 heteroatoms. The van der Waals surface area contributed by atoms with Crippen molar-refractivity contribution in [2.75, 3.05) is 13.2 Å². The molecule has 0 aliphatic rings. The van der Waals surface area contributed by atoms with Crippen LogP contribution < -0.4 is 5.32 Å². The fourth-order valence-corrected chi connectivity index (χ4v) is 13.0. The van der Waals surface area contributed by atoms with Crippen molar-refractivity contribution >= 4 is 11.9 Å². The fraction of sp³-hybridized carbons (Fsp3) is 0.950. The summed E-state index contributed by atoms with van der Waals surface area (Å²) in [6.45, 7) is 5.02. The maximum absolute atomic E-state index is 12.6. The average Bonchev–Trinajstić information content (AvgIpc) is 3.59. The van der Waals surface area contributed by atoms with E-state index in [1.54, 1.807) is 0 Å². The molecule has 0 saturated carbocycles. The molecule has 0 aliphatic heterocycles. The Kier molecular flexibility index (Phi) is 74.8. The molecule has 6 nitrogen and oxygen atoms in total. The van der Waals surface area contributed by atoms with Crippen molar-refractivity contribution in [3.63, 3.8) is 0 Å². The first kappa shape index (κ1) is 84.6. The van der Waals surface area contributed by atoms with Gasteiger partial charge in [0.05, 0.1) is 25.4 Å². The topological polar surface area (TPSA) is 95.9 Å². The van der Waals surface area contributed by atoms with Crippen molar-refractivity contribution in [1.29, 1.82) is 0 Å². The van der Waals surface area contributed by atoms with Gasteiger partial charge >= 0.3 is 5.97 Å². The van der Waals surface area contributed by atoms with E-state index in [0.29, 0.717) is 25.9 Å². The second kappa shape index (κ2) is 76.1. The van der Waals surface area contributed by atoms with E-state index >= 15 is 0 Å². The molecule has 0 saturated heterocycles. The first-order valence-electron chi connectivity index (χ1n) is 39.9. The molecular weight excluding hydrogens is 1050 g/mol. The number of hydrogen-bond acceptors (Lipinski definition) is 5. The average molecular weight is 1210 g/mol. The Balaban J connectivity index is 3.36. The van der Waals surface area contributed by atoms with E-state index in [1.807, 2.05) is 0 Å². The normalized spacial score (nSPS) is 12.5. The van der Waals surface area contributed by atoms with Gasteiger partial charge < -0.3 is 20.3 Å². The van der Waals surface area contributed by atoms with Gasteiger partial charge in [-0.2, -0.15) is 0 Å². The van der Waals surface area contributed by atoms with E-state index in [1.165, 1.54) is 392 Å². The van der Waals surface area contributed by atoms with Gasteiger partial charge in [-0.05, 0) is 51.4 Å². The number of carbonyl (C=O) groups excluding carboxylic acids is 2. The smallest absolute Gasteiger partial charge is 0.305 e. The van der Waals surface area contributed by atoms with Crippen LogP contribution in [0.4, 0.5) is 0 Å². The highest BCUT2D eigenvalue weighted by Crippen LogP contribution is 2.20. The molecule has 86 heavy (non-hydrogen) atoms. The Morgan fingerprint density at radius 1 is 0.314 bits per heavy atom. The molecule has 3 N–H and O–H groups in total. The number of carbonyl (C=O) groups is 2. The van der Waals surface area contributed by atoms with Gasteiger partial charge in [-0.15, -0.1) is 0 Å². The van der Waals surface area contributed by atoms with Crippen molar-refractivity contribution in [2.45, 2.75) is 475 Å². The standard InChI is InChI=1S/C80H157NO5/c1-3-5-7-9-11-13-15-17-19-21-22-23-31-34-37-41-44-48-52-56-60-64-68-72-78(83)77(76-82)81-79(84)73-69-65-61-57-53-49-45-42-38-35-32-29-27-25-24-26-28-30-33-36-39-43-47-51-55-59-63-67-71-75-86-80(85)74-70-66-62-58-54-50-46-40-20-18-16-14-12-10-8-6-4-2/h24,26,77-78,82-83H,3-23,25,27-76H2,1-2H3,(H,81,84)/b26-24-. The van der Waals surface area contributed by atoms with Gasteiger partial charge in [-0.1, -0.05) is 411 Å². The summed E-state index contributed by atoms with van der Waals surface area (Å²) in [4.78, 5) is 24.7. The van der Waals surface area contributed by atoms with Gasteiger partial charge in [0.15, 0.2) is 0 Å². The molecule has 0 bridgehead atoms. The molecule has 2 unspecified atom stereocenters. The van der Waals surface area contributed by atoms with Gasteiger partial charge in [0.25, 0.3) is 0 Å². The lowest BCUT2D eigenvalue weighted by atomic mass is 10.0. The van der Waals surface area contributed by atoms with Crippen LogP contribution >= 0.6 is 0 Å². The SMILES string of the molecule is CCCCCCCCCCCCCCCCCCCCCCCCCC(O)C(CO)NC(=O)CCCCCCCCCCCCCCC/C=C\CCCCCCCCCCCCCCOC(=O)CCCCCCCCCCCCCCCCCCC. The number of hydrogen-bond donors (Lipinski definition) is 3. The fourth-order valence-electron chi connectivity index (χ4n) is 13.0. The van der Waals surface area contributed by atoms with Gasteiger partial charge in [-0.25, -0.2) is 0 Å². The number of aliphatic hydroxyl groups is 2. The molecule has 2 atom stereocenters. The third-order valence-corrected chi connectivity index (χ3v) is 19.1. The quantitative estimate of drug-likeness (QED) is 0.0320. The summed E-state index contributed by atoms with van der Waals surface area (Å²) in [6, 6.07) is -0.542. The van der Waals surface area contributed by atoms with Crippen molar-refractivity contribution < 1.29 is 24.5 Å². The zero-order valence-corrected chi connectivity index (χ0v) is 58.8. The Morgan fingerprint density at radius 2 is 0.547 bits per heavy atom. The summed E-state index contributed by atoms with van der Waals surface area (Å²) in [6.07, 6.45) is 95.9. The minimum Gasteiger partial charge on any atom is -0.466 e. The molecule has 0 rings (SSSR count). The second-order valence-electron chi connectivity index (χ2n) is 27.8. The summed E-state index contributed by atoms with van der Waals surface area (Å²) in [5, 5.41) is 23.5. The predicted octanol–water partition coefficient (Wildman–Crippen LogP) is 26.3. The molecule has 0 aromatic heterocycles. The number of nitrogens with one attached hydrogen (secondary N) is 1. The van der Waals surface area contributed by atoms with Crippen LogP contribution in [-0.2, 0) is 14.3 Å². The number of esters is 1. The lowest BCUT2D eigenvalue weighted by Gasteiger charge is -2.22. The highest BCUT2D eigenvalue weighted by Gasteiger charge is 2.20. The lowest BCUT2D eigenvalue weighted by Crippen LogP contribution is -2.45. The highest BCUT2D eigenvalue weighted by molar-refractivity contribution is 5.76. The van der Waals surface area contributed by atoms with Gasteiger partial charge in [0, 0.05) is 12.8 Å². The summed E-state index contributed by atoms with van der Waals surface area (Å²) in [7, 11) is 0. The zero-order chi connectivity index (χ0) is 62.0. The number of amides is 1. The molecule has 0 spiro atoms. The predicted molar refractivity (Wildman–Crippen MR) is 380 cm³/mol. The number of ether oxygens (including phenoxy) is 1. The van der Waals surface area contributed by atoms with Crippen LogP contribution in [0.15, 0.2) is 12.2 Å². The van der Waals surface area contributed by atoms with E-state index in [2.05, 4.69) is 31.3 Å². The molecule has 0 fully saturated rings. The Bertz CT molecular complexity index is 1300. The van der Waals surface area contributed by atoms with Crippen LogP contribution in [0.2, 0.25) is 0 Å². The third kappa shape index (κ3) is 71.7. The van der Waals surface area contributed by atoms with Crippen molar-refractivity contribution in [1.82, 2.24) is 5.32 Å². The monoisotopic (exact) mass is 1210 g/mol. The van der Waals surface area contributed by atoms with E-state index in [0.717, 1.165) is 38.5 Å². The van der Waals surface area contributed by atoms with Crippen molar-refractivity contribution in [3.8, 4) is 0 Å². The van der Waals surface area contributed by atoms with Crippen LogP contribution in [-0.4, -0.2) is 47.4 Å². The summed E-state index contributed by atoms with van der Waals surface area (Å²) in [5.74, 6) is -0.00623. The second-order valence-corrected chi connectivity index (χ2v) is 27.8. The number of rotatable bonds is 76. The Morgan fingerprint density at radius 3 is 0.826 bits per heavy atom. The lowest BCUT2D eigenvalue weighted by molar-refractivity contribution is -0.143. The molecule has 0 radical (unpaired) electrons. The zero-order valence-electron chi connectivity index (χ0n) is 58.8. The maximum Gasteiger partial charge on any atom is 0.305 e. The minimum absolute atomic E-state index is 0.0219. The minimum atomic E-state index is -0.665. The van der Waals surface area contributed by atoms with Crippen LogP contribution in [0.25, 0.3) is 0 Å². The van der Waals surface area contributed by atoms with Gasteiger partial charge in [0.1, 0.15) is 0 Å². The molecule has 0 heterocycles. The summed E-state index contributed by atoms with van der Waals surface area (Å²) < 4.78 is 5.51. The number of aliphatic hydroxyl groups excluding tert-OH is 2. The van der Waals surface area contributed by atoms with Gasteiger partial charge in [-0.3, -0.25) is 9.59 Å². The summed E-state index contributed by atoms with van der Waals surface area (Å²) in [5.41, 5.74) is 0. The Labute approximate surface area is 539 Å². The summed E-state index contributed by atoms with van der Waals surface area (Å²) >= 11 is 0. The van der Waals surface area contributed by atoms with E-state index in [-0.39, 0.29) is 18.5 Å². The number of allylic oxidation sites excluding steroid dienone is 2. The van der Waals surface area contributed by atoms with Crippen LogP contribution in [0, 0.1) is 0 Å². The largest absolute Gasteiger partial charge is 0.466 e. The van der Waals surface area contributed by atoms with Crippen LogP contribution in [0.3, 0.4) is 0 Å². The molecule has 512 valence electrons. The van der Waals surface area contributed by atoms with E-state index < -0.39 is 12.1 Å². The van der Waals surface area contributed by atoms with Crippen LogP contribution in [0.5, 0.6) is 0 Å². The first-order valence-corrected chi connectivity index (χ1v) is 39.9. The van der Waals surface area contributed by atoms with Gasteiger partial charge in [0.2, 0.25) is 5.91 Å².